The van der Waals surface area contributed by atoms with E-state index in [2.05, 4.69) is 17.2 Å². The van der Waals surface area contributed by atoms with Gasteiger partial charge >= 0.3 is 0 Å². The molecule has 3 nitrogen and oxygen atoms in total. The Morgan fingerprint density at radius 3 is 2.70 bits per heavy atom. The number of rotatable bonds is 6. The first-order valence-electron chi connectivity index (χ1n) is 7.63. The van der Waals surface area contributed by atoms with Crippen molar-refractivity contribution in [1.29, 1.82) is 0 Å². The van der Waals surface area contributed by atoms with E-state index in [0.717, 1.165) is 12.1 Å². The second-order valence-corrected chi connectivity index (χ2v) is 5.57. The molecule has 1 N–H and O–H groups in total. The molecule has 2 rings (SSSR count). The van der Waals surface area contributed by atoms with Crippen LogP contribution in [0.1, 0.15) is 50.6 Å². The fourth-order valence-electron chi connectivity index (χ4n) is 3.31. The number of methoxy groups -OCH3 is 1. The molecule has 1 fully saturated rings. The van der Waals surface area contributed by atoms with Crippen molar-refractivity contribution in [2.24, 2.45) is 5.92 Å². The predicted octanol–water partition coefficient (Wildman–Crippen LogP) is 3.47. The van der Waals surface area contributed by atoms with Gasteiger partial charge in [0.2, 0.25) is 0 Å². The summed E-state index contributed by atoms with van der Waals surface area (Å²) in [6.45, 7) is 2.89. The Bertz CT molecular complexity index is 407. The smallest absolute Gasteiger partial charge is 0.141 e. The molecular formula is C16H25FN2O. The van der Waals surface area contributed by atoms with Crippen LogP contribution < -0.4 is 5.32 Å². The molecule has 112 valence electrons. The number of aromatic nitrogens is 1. The van der Waals surface area contributed by atoms with Gasteiger partial charge in [0, 0.05) is 13.3 Å². The average molecular weight is 280 g/mol. The third kappa shape index (κ3) is 3.76. The summed E-state index contributed by atoms with van der Waals surface area (Å²) in [5.74, 6) is 0.255. The molecule has 0 spiro atoms. The second kappa shape index (κ2) is 7.70. The Labute approximate surface area is 120 Å². The molecule has 2 atom stereocenters. The minimum atomic E-state index is -0.288. The van der Waals surface area contributed by atoms with Crippen molar-refractivity contribution in [3.63, 3.8) is 0 Å². The minimum Gasteiger partial charge on any atom is -0.379 e. The third-order valence-corrected chi connectivity index (χ3v) is 4.22. The predicted molar refractivity (Wildman–Crippen MR) is 78.0 cm³/mol. The van der Waals surface area contributed by atoms with Gasteiger partial charge in [-0.05, 0) is 36.9 Å². The van der Waals surface area contributed by atoms with Crippen LogP contribution in [0.25, 0.3) is 0 Å². The number of halogens is 1. The Morgan fingerprint density at radius 2 is 2.10 bits per heavy atom. The van der Waals surface area contributed by atoms with Crippen molar-refractivity contribution < 1.29 is 9.13 Å². The van der Waals surface area contributed by atoms with Crippen molar-refractivity contribution in [2.75, 3.05) is 13.7 Å². The Hall–Kier alpha value is -1.00. The summed E-state index contributed by atoms with van der Waals surface area (Å²) in [6, 6.07) is 1.58. The number of hydrogen-bond acceptors (Lipinski definition) is 3. The highest BCUT2D eigenvalue weighted by atomic mass is 19.1. The van der Waals surface area contributed by atoms with Crippen LogP contribution in [0, 0.1) is 11.7 Å². The van der Waals surface area contributed by atoms with Gasteiger partial charge < -0.3 is 10.1 Å². The first kappa shape index (κ1) is 15.4. The van der Waals surface area contributed by atoms with Crippen molar-refractivity contribution in [2.45, 2.75) is 51.2 Å². The summed E-state index contributed by atoms with van der Waals surface area (Å²) in [4.78, 5) is 3.98. The van der Waals surface area contributed by atoms with Crippen molar-refractivity contribution in [1.82, 2.24) is 10.3 Å². The molecule has 0 bridgehead atoms. The summed E-state index contributed by atoms with van der Waals surface area (Å²) in [7, 11) is 1.76. The van der Waals surface area contributed by atoms with Gasteiger partial charge in [-0.3, -0.25) is 4.98 Å². The highest BCUT2D eigenvalue weighted by Gasteiger charge is 2.31. The third-order valence-electron chi connectivity index (χ3n) is 4.22. The molecule has 1 aliphatic rings. The van der Waals surface area contributed by atoms with E-state index in [0.29, 0.717) is 5.92 Å². The van der Waals surface area contributed by atoms with Gasteiger partial charge in [0.15, 0.2) is 0 Å². The van der Waals surface area contributed by atoms with Gasteiger partial charge in [0.05, 0.1) is 18.3 Å². The largest absolute Gasteiger partial charge is 0.379 e. The quantitative estimate of drug-likeness (QED) is 0.866. The zero-order valence-corrected chi connectivity index (χ0v) is 12.4. The fourth-order valence-corrected chi connectivity index (χ4v) is 3.31. The highest BCUT2D eigenvalue weighted by molar-refractivity contribution is 5.17. The molecular weight excluding hydrogens is 255 g/mol. The van der Waals surface area contributed by atoms with Gasteiger partial charge in [-0.15, -0.1) is 0 Å². The monoisotopic (exact) mass is 280 g/mol. The van der Waals surface area contributed by atoms with Crippen molar-refractivity contribution in [3.05, 3.63) is 29.8 Å². The van der Waals surface area contributed by atoms with Crippen molar-refractivity contribution in [3.8, 4) is 0 Å². The van der Waals surface area contributed by atoms with Crippen LogP contribution in [0.5, 0.6) is 0 Å². The summed E-state index contributed by atoms with van der Waals surface area (Å²) in [5.41, 5.74) is 0.879. The van der Waals surface area contributed by atoms with E-state index in [1.807, 2.05) is 0 Å². The number of nitrogens with one attached hydrogen (secondary N) is 1. The van der Waals surface area contributed by atoms with Crippen molar-refractivity contribution >= 4 is 0 Å². The number of pyridine rings is 1. The fraction of sp³-hybridized carbons (Fsp3) is 0.688. The average Bonchev–Trinajstić information content (AvgIpc) is 2.48. The first-order valence-corrected chi connectivity index (χ1v) is 7.63. The highest BCUT2D eigenvalue weighted by Crippen LogP contribution is 2.34. The van der Waals surface area contributed by atoms with Crippen LogP contribution in [0.3, 0.4) is 0 Å². The number of hydrogen-bond donors (Lipinski definition) is 1. The Kier molecular flexibility index (Phi) is 5.92. The minimum absolute atomic E-state index is 0.0105. The Morgan fingerprint density at radius 1 is 1.35 bits per heavy atom. The Balaban J connectivity index is 2.20. The molecule has 1 saturated carbocycles. The molecule has 0 amide bonds. The van der Waals surface area contributed by atoms with Crippen LogP contribution in [0.2, 0.25) is 0 Å². The molecule has 1 aromatic heterocycles. The van der Waals surface area contributed by atoms with E-state index in [1.165, 1.54) is 38.3 Å². The normalized spacial score (nSPS) is 19.8. The summed E-state index contributed by atoms with van der Waals surface area (Å²) in [6.07, 6.45) is 9.32. The first-order chi connectivity index (χ1) is 9.76. The van der Waals surface area contributed by atoms with E-state index in [4.69, 9.17) is 4.74 Å². The maximum absolute atomic E-state index is 13.4. The van der Waals surface area contributed by atoms with E-state index in [1.54, 1.807) is 19.4 Å². The molecule has 20 heavy (non-hydrogen) atoms. The SMILES string of the molecule is CCNC(c1cncc(F)c1)C(OC)C1CCCCC1. The number of nitrogens with zero attached hydrogens (tertiary/aromatic N) is 1. The molecule has 0 aliphatic heterocycles. The molecule has 0 aromatic carbocycles. The lowest BCUT2D eigenvalue weighted by Gasteiger charge is -2.35. The van der Waals surface area contributed by atoms with E-state index in [9.17, 15) is 4.39 Å². The molecule has 0 saturated heterocycles. The van der Waals surface area contributed by atoms with Crippen LogP contribution >= 0.6 is 0 Å². The molecule has 1 aliphatic carbocycles. The molecule has 1 aromatic rings. The maximum Gasteiger partial charge on any atom is 0.141 e. The van der Waals surface area contributed by atoms with E-state index < -0.39 is 0 Å². The van der Waals surface area contributed by atoms with Gasteiger partial charge in [0.1, 0.15) is 5.82 Å². The van der Waals surface area contributed by atoms with Gasteiger partial charge in [0.25, 0.3) is 0 Å². The molecule has 0 radical (unpaired) electrons. The van der Waals surface area contributed by atoms with Gasteiger partial charge in [-0.25, -0.2) is 4.39 Å². The number of likely N-dealkylation sites (N-methyl/N-ethyl adjacent to an activating group) is 1. The molecule has 1 heterocycles. The van der Waals surface area contributed by atoms with E-state index in [-0.39, 0.29) is 18.0 Å². The van der Waals surface area contributed by atoms with Gasteiger partial charge in [-0.1, -0.05) is 26.2 Å². The topological polar surface area (TPSA) is 34.2 Å². The lowest BCUT2D eigenvalue weighted by Crippen LogP contribution is -2.39. The zero-order chi connectivity index (χ0) is 14.4. The van der Waals surface area contributed by atoms with Gasteiger partial charge in [-0.2, -0.15) is 0 Å². The second-order valence-electron chi connectivity index (χ2n) is 5.57. The van der Waals surface area contributed by atoms with Crippen LogP contribution in [-0.4, -0.2) is 24.7 Å². The lowest BCUT2D eigenvalue weighted by atomic mass is 9.81. The maximum atomic E-state index is 13.4. The summed E-state index contributed by atoms with van der Waals surface area (Å²) < 4.78 is 19.2. The van der Waals surface area contributed by atoms with Crippen LogP contribution in [-0.2, 0) is 4.74 Å². The van der Waals surface area contributed by atoms with E-state index >= 15 is 0 Å². The molecule has 2 unspecified atom stereocenters. The molecule has 4 heteroatoms. The van der Waals surface area contributed by atoms with Crippen LogP contribution in [0.15, 0.2) is 18.5 Å². The number of ether oxygens (including phenoxy) is 1. The standard InChI is InChI=1S/C16H25FN2O/c1-3-19-15(13-9-14(17)11-18-10-13)16(20-2)12-7-5-4-6-8-12/h9-12,15-16,19H,3-8H2,1-2H3. The summed E-state index contributed by atoms with van der Waals surface area (Å²) >= 11 is 0. The lowest BCUT2D eigenvalue weighted by molar-refractivity contribution is 0.00777. The zero-order valence-electron chi connectivity index (χ0n) is 12.4. The summed E-state index contributed by atoms with van der Waals surface area (Å²) in [5, 5.41) is 3.44. The van der Waals surface area contributed by atoms with Crippen LogP contribution in [0.4, 0.5) is 4.39 Å².